The molecule has 0 bridgehead atoms. The molecule has 2 N–H and O–H groups in total. The molecule has 0 spiro atoms. The molecule has 6 nitrogen and oxygen atoms in total. The Balaban J connectivity index is 2.14. The second-order valence-corrected chi connectivity index (χ2v) is 7.05. The molecule has 8 heteroatoms. The summed E-state index contributed by atoms with van der Waals surface area (Å²) in [6.45, 7) is 7.23. The number of nitrogen functional groups attached to an aromatic ring is 1. The van der Waals surface area contributed by atoms with Crippen LogP contribution in [0.4, 0.5) is 14.5 Å². The third kappa shape index (κ3) is 4.94. The third-order valence-corrected chi connectivity index (χ3v) is 4.67. The van der Waals surface area contributed by atoms with Gasteiger partial charge < -0.3 is 20.3 Å². The molecule has 1 fully saturated rings. The van der Waals surface area contributed by atoms with Crippen molar-refractivity contribution in [2.24, 2.45) is 5.92 Å². The summed E-state index contributed by atoms with van der Waals surface area (Å²) in [5, 5.41) is 0. The maximum absolute atomic E-state index is 14.1. The summed E-state index contributed by atoms with van der Waals surface area (Å²) >= 11 is 0. The highest BCUT2D eigenvalue weighted by atomic mass is 19.1. The number of benzene rings is 1. The number of halogens is 2. The van der Waals surface area contributed by atoms with Crippen LogP contribution in [0.25, 0.3) is 0 Å². The summed E-state index contributed by atoms with van der Waals surface area (Å²) in [7, 11) is 0. The number of rotatable bonds is 6. The Labute approximate surface area is 158 Å². The zero-order valence-electron chi connectivity index (χ0n) is 16.0. The number of amides is 2. The highest BCUT2D eigenvalue weighted by Crippen LogP contribution is 2.24. The minimum absolute atomic E-state index is 0.00451. The van der Waals surface area contributed by atoms with Crippen LogP contribution >= 0.6 is 0 Å². The van der Waals surface area contributed by atoms with E-state index in [1.807, 2.05) is 20.8 Å². The van der Waals surface area contributed by atoms with E-state index >= 15 is 0 Å². The smallest absolute Gasteiger partial charge is 0.259 e. The Bertz CT molecular complexity index is 674. The average Bonchev–Trinajstić information content (AvgIpc) is 2.60. The SMILES string of the molecule is CCCOCC(=O)N1CCN(C(=O)c2c(N)cc(F)cc2F)CC1C(C)C. The van der Waals surface area contributed by atoms with Crippen molar-refractivity contribution in [2.75, 3.05) is 38.6 Å². The number of carbonyl (C=O) groups is 2. The molecule has 0 aliphatic carbocycles. The first-order valence-electron chi connectivity index (χ1n) is 9.17. The highest BCUT2D eigenvalue weighted by molar-refractivity contribution is 5.99. The van der Waals surface area contributed by atoms with Crippen molar-refractivity contribution in [3.8, 4) is 0 Å². The lowest BCUT2D eigenvalue weighted by Gasteiger charge is -2.43. The predicted molar refractivity (Wildman–Crippen MR) is 98.1 cm³/mol. The Morgan fingerprint density at radius 1 is 1.30 bits per heavy atom. The molecule has 1 heterocycles. The van der Waals surface area contributed by atoms with Gasteiger partial charge >= 0.3 is 0 Å². The van der Waals surface area contributed by atoms with E-state index in [-0.39, 0.29) is 48.8 Å². The molecule has 2 rings (SSSR count). The normalized spacial score (nSPS) is 17.5. The lowest BCUT2D eigenvalue weighted by Crippen LogP contribution is -2.59. The Morgan fingerprint density at radius 3 is 2.59 bits per heavy atom. The summed E-state index contributed by atoms with van der Waals surface area (Å²) < 4.78 is 32.7. The summed E-state index contributed by atoms with van der Waals surface area (Å²) in [5.74, 6) is -2.44. The summed E-state index contributed by atoms with van der Waals surface area (Å²) in [5.41, 5.74) is 5.10. The van der Waals surface area contributed by atoms with E-state index in [1.165, 1.54) is 4.90 Å². The van der Waals surface area contributed by atoms with Crippen molar-refractivity contribution in [3.63, 3.8) is 0 Å². The highest BCUT2D eigenvalue weighted by Gasteiger charge is 2.35. The summed E-state index contributed by atoms with van der Waals surface area (Å²) in [4.78, 5) is 28.4. The molecule has 0 saturated carbocycles. The minimum atomic E-state index is -0.981. The molecule has 1 aliphatic heterocycles. The molecule has 2 amide bonds. The van der Waals surface area contributed by atoms with Crippen LogP contribution in [-0.2, 0) is 9.53 Å². The maximum Gasteiger partial charge on any atom is 0.259 e. The first-order chi connectivity index (χ1) is 12.8. The second kappa shape index (κ2) is 9.12. The van der Waals surface area contributed by atoms with Gasteiger partial charge in [-0.2, -0.15) is 0 Å². The van der Waals surface area contributed by atoms with Crippen molar-refractivity contribution >= 4 is 17.5 Å². The summed E-state index contributed by atoms with van der Waals surface area (Å²) in [6.07, 6.45) is 0.827. The van der Waals surface area contributed by atoms with E-state index in [4.69, 9.17) is 10.5 Å². The predicted octanol–water partition coefficient (Wildman–Crippen LogP) is 2.28. The van der Waals surface area contributed by atoms with Gasteiger partial charge in [0, 0.05) is 32.3 Å². The van der Waals surface area contributed by atoms with E-state index in [1.54, 1.807) is 4.90 Å². The third-order valence-electron chi connectivity index (χ3n) is 4.67. The number of hydrogen-bond acceptors (Lipinski definition) is 4. The van der Waals surface area contributed by atoms with Gasteiger partial charge in [0.25, 0.3) is 5.91 Å². The number of piperazine rings is 1. The molecule has 1 aromatic carbocycles. The van der Waals surface area contributed by atoms with Gasteiger partial charge in [0.15, 0.2) is 0 Å². The van der Waals surface area contributed by atoms with Gasteiger partial charge in [-0.25, -0.2) is 8.78 Å². The largest absolute Gasteiger partial charge is 0.398 e. The Kier molecular flexibility index (Phi) is 7.12. The fraction of sp³-hybridized carbons (Fsp3) is 0.579. The van der Waals surface area contributed by atoms with Gasteiger partial charge in [0.05, 0.1) is 17.3 Å². The van der Waals surface area contributed by atoms with Gasteiger partial charge in [-0.05, 0) is 18.4 Å². The van der Waals surface area contributed by atoms with Crippen molar-refractivity contribution in [1.82, 2.24) is 9.80 Å². The first-order valence-corrected chi connectivity index (χ1v) is 9.17. The quantitative estimate of drug-likeness (QED) is 0.604. The number of ether oxygens (including phenoxy) is 1. The maximum atomic E-state index is 14.1. The minimum Gasteiger partial charge on any atom is -0.398 e. The lowest BCUT2D eigenvalue weighted by atomic mass is 9.98. The standard InChI is InChI=1S/C19H27F2N3O3/c1-4-7-27-11-17(25)24-6-5-23(10-16(24)12(2)3)19(26)18-14(21)8-13(20)9-15(18)22/h8-9,12,16H,4-7,10-11,22H2,1-3H3. The Morgan fingerprint density at radius 2 is 2.00 bits per heavy atom. The molecule has 150 valence electrons. The van der Waals surface area contributed by atoms with Gasteiger partial charge in [0.2, 0.25) is 5.91 Å². The van der Waals surface area contributed by atoms with E-state index in [9.17, 15) is 18.4 Å². The van der Waals surface area contributed by atoms with Crippen LogP contribution in [0.3, 0.4) is 0 Å². The van der Waals surface area contributed by atoms with Gasteiger partial charge in [0.1, 0.15) is 18.2 Å². The molecule has 0 aromatic heterocycles. The summed E-state index contributed by atoms with van der Waals surface area (Å²) in [6, 6.07) is 1.36. The number of hydrogen-bond donors (Lipinski definition) is 1. The number of anilines is 1. The first kappa shape index (κ1) is 21.1. The van der Waals surface area contributed by atoms with Crippen LogP contribution in [0.2, 0.25) is 0 Å². The molecule has 1 saturated heterocycles. The van der Waals surface area contributed by atoms with Crippen LogP contribution in [0.5, 0.6) is 0 Å². The molecule has 0 radical (unpaired) electrons. The van der Waals surface area contributed by atoms with Crippen molar-refractivity contribution in [1.29, 1.82) is 0 Å². The second-order valence-electron chi connectivity index (χ2n) is 7.05. The monoisotopic (exact) mass is 383 g/mol. The zero-order valence-corrected chi connectivity index (χ0v) is 16.0. The molecule has 1 unspecified atom stereocenters. The van der Waals surface area contributed by atoms with Crippen molar-refractivity contribution < 1.29 is 23.1 Å². The Hall–Kier alpha value is -2.22. The van der Waals surface area contributed by atoms with Gasteiger partial charge in [-0.3, -0.25) is 9.59 Å². The van der Waals surface area contributed by atoms with Crippen LogP contribution < -0.4 is 5.73 Å². The number of nitrogens with two attached hydrogens (primary N) is 1. The number of nitrogens with zero attached hydrogens (tertiary/aromatic N) is 2. The van der Waals surface area contributed by atoms with Crippen LogP contribution in [-0.4, -0.2) is 60.5 Å². The molecule has 1 aliphatic rings. The van der Waals surface area contributed by atoms with Crippen LogP contribution in [0.15, 0.2) is 12.1 Å². The van der Waals surface area contributed by atoms with E-state index in [0.717, 1.165) is 12.5 Å². The molecule has 1 atom stereocenters. The molecular formula is C19H27F2N3O3. The molecule has 1 aromatic rings. The number of carbonyl (C=O) groups excluding carboxylic acids is 2. The van der Waals surface area contributed by atoms with E-state index < -0.39 is 17.5 Å². The zero-order chi connectivity index (χ0) is 20.1. The van der Waals surface area contributed by atoms with E-state index in [0.29, 0.717) is 19.2 Å². The molecule has 27 heavy (non-hydrogen) atoms. The van der Waals surface area contributed by atoms with Crippen LogP contribution in [0.1, 0.15) is 37.6 Å². The fourth-order valence-electron chi connectivity index (χ4n) is 3.24. The van der Waals surface area contributed by atoms with Crippen molar-refractivity contribution in [3.05, 3.63) is 29.3 Å². The average molecular weight is 383 g/mol. The van der Waals surface area contributed by atoms with Gasteiger partial charge in [-0.15, -0.1) is 0 Å². The fourth-order valence-corrected chi connectivity index (χ4v) is 3.24. The van der Waals surface area contributed by atoms with E-state index in [2.05, 4.69) is 0 Å². The lowest BCUT2D eigenvalue weighted by molar-refractivity contribution is -0.142. The van der Waals surface area contributed by atoms with Gasteiger partial charge in [-0.1, -0.05) is 20.8 Å². The topological polar surface area (TPSA) is 75.9 Å². The van der Waals surface area contributed by atoms with Crippen molar-refractivity contribution in [2.45, 2.75) is 33.2 Å². The molecular weight excluding hydrogens is 356 g/mol. The van der Waals surface area contributed by atoms with Crippen LogP contribution in [0, 0.1) is 17.6 Å².